The summed E-state index contributed by atoms with van der Waals surface area (Å²) in [6, 6.07) is 18.5. The Morgan fingerprint density at radius 1 is 0.933 bits per heavy atom. The van der Waals surface area contributed by atoms with Crippen molar-refractivity contribution in [1.29, 1.82) is 0 Å². The Morgan fingerprint density at radius 2 is 1.60 bits per heavy atom. The zero-order chi connectivity index (χ0) is 21.9. The molecule has 0 radical (unpaired) electrons. The highest BCUT2D eigenvalue weighted by Crippen LogP contribution is 2.33. The molecule has 3 aromatic carbocycles. The third-order valence-electron chi connectivity index (χ3n) is 4.87. The Labute approximate surface area is 174 Å². The van der Waals surface area contributed by atoms with Gasteiger partial charge in [0.05, 0.1) is 25.0 Å². The minimum absolute atomic E-state index is 0.123. The van der Waals surface area contributed by atoms with Crippen LogP contribution < -0.4 is 5.32 Å². The Kier molecular flexibility index (Phi) is 6.44. The quantitative estimate of drug-likeness (QED) is 0.359. The van der Waals surface area contributed by atoms with Gasteiger partial charge in [0, 0.05) is 17.3 Å². The molecule has 4 N–H and O–H groups in total. The molecule has 0 aliphatic heterocycles. The van der Waals surface area contributed by atoms with Crippen LogP contribution in [0, 0.1) is 0 Å². The number of rotatable bonds is 5. The van der Waals surface area contributed by atoms with Gasteiger partial charge in [0.25, 0.3) is 10.1 Å². The molecule has 4 rings (SSSR count). The lowest BCUT2D eigenvalue weighted by molar-refractivity contribution is 0.103. The minimum atomic E-state index is -3.67. The van der Waals surface area contributed by atoms with E-state index >= 15 is 0 Å². The van der Waals surface area contributed by atoms with Gasteiger partial charge in [-0.3, -0.25) is 4.55 Å². The number of para-hydroxylation sites is 1. The molecule has 7 nitrogen and oxygen atoms in total. The van der Waals surface area contributed by atoms with Crippen LogP contribution in [0.15, 0.2) is 59.0 Å². The lowest BCUT2D eigenvalue weighted by atomic mass is 10.00. The topological polar surface area (TPSA) is 120 Å². The summed E-state index contributed by atoms with van der Waals surface area (Å²) in [6.45, 7) is 2.11. The number of hydrogen-bond donors (Lipinski definition) is 4. The predicted octanol–water partition coefficient (Wildman–Crippen LogP) is 3.08. The van der Waals surface area contributed by atoms with E-state index in [-0.39, 0.29) is 13.2 Å². The maximum Gasteiger partial charge on any atom is 0.261 e. The molecule has 160 valence electrons. The molecule has 0 bridgehead atoms. The summed E-state index contributed by atoms with van der Waals surface area (Å²) >= 11 is 0. The van der Waals surface area contributed by atoms with Crippen molar-refractivity contribution in [2.24, 2.45) is 0 Å². The highest BCUT2D eigenvalue weighted by Gasteiger charge is 2.21. The first-order chi connectivity index (χ1) is 14.1. The fourth-order valence-electron chi connectivity index (χ4n) is 3.19. The second-order valence-corrected chi connectivity index (χ2v) is 9.01. The summed E-state index contributed by atoms with van der Waals surface area (Å²) in [5, 5.41) is 26.7. The van der Waals surface area contributed by atoms with Crippen LogP contribution in [0.1, 0.15) is 12.5 Å². The van der Waals surface area contributed by atoms with E-state index in [0.29, 0.717) is 12.8 Å². The van der Waals surface area contributed by atoms with Crippen LogP contribution >= 0.6 is 0 Å². The van der Waals surface area contributed by atoms with Crippen LogP contribution in [-0.2, 0) is 16.7 Å². The van der Waals surface area contributed by atoms with Crippen molar-refractivity contribution in [1.82, 2.24) is 5.32 Å². The Bertz CT molecular complexity index is 1270. The molecule has 0 saturated heterocycles. The zero-order valence-electron chi connectivity index (χ0n) is 16.8. The van der Waals surface area contributed by atoms with E-state index in [2.05, 4.69) is 35.6 Å². The van der Waals surface area contributed by atoms with Crippen molar-refractivity contribution in [3.63, 3.8) is 0 Å². The average Bonchev–Trinajstić information content (AvgIpc) is 3.06. The van der Waals surface area contributed by atoms with E-state index in [4.69, 9.17) is 8.97 Å². The van der Waals surface area contributed by atoms with Gasteiger partial charge < -0.3 is 19.9 Å². The molecular formula is C22H25NO6S. The van der Waals surface area contributed by atoms with E-state index in [1.807, 2.05) is 24.3 Å². The van der Waals surface area contributed by atoms with Crippen molar-refractivity contribution in [2.75, 3.05) is 19.5 Å². The van der Waals surface area contributed by atoms with Gasteiger partial charge in [0.1, 0.15) is 11.2 Å². The fourth-order valence-corrected chi connectivity index (χ4v) is 3.19. The van der Waals surface area contributed by atoms with Gasteiger partial charge in [0.2, 0.25) is 0 Å². The van der Waals surface area contributed by atoms with Crippen LogP contribution in [0.25, 0.3) is 32.7 Å². The van der Waals surface area contributed by atoms with Gasteiger partial charge in [-0.25, -0.2) is 0 Å². The molecule has 0 amide bonds. The number of aliphatic hydroxyl groups excluding tert-OH is 2. The summed E-state index contributed by atoms with van der Waals surface area (Å²) in [4.78, 5) is 0. The zero-order valence-corrected chi connectivity index (χ0v) is 17.6. The molecule has 0 atom stereocenters. The first-order valence-electron chi connectivity index (χ1n) is 9.36. The Balaban J connectivity index is 0.000000461. The van der Waals surface area contributed by atoms with Gasteiger partial charge >= 0.3 is 0 Å². The fraction of sp³-hybridized carbons (Fsp3) is 0.273. The van der Waals surface area contributed by atoms with Gasteiger partial charge in [-0.05, 0) is 41.5 Å². The number of furan rings is 1. The van der Waals surface area contributed by atoms with Crippen LogP contribution in [-0.4, -0.2) is 48.2 Å². The summed E-state index contributed by atoms with van der Waals surface area (Å²) < 4.78 is 31.9. The molecule has 0 unspecified atom stereocenters. The van der Waals surface area contributed by atoms with E-state index in [1.54, 1.807) is 6.92 Å². The average molecular weight is 432 g/mol. The first-order valence-corrected chi connectivity index (χ1v) is 11.2. The van der Waals surface area contributed by atoms with Crippen LogP contribution in [0.4, 0.5) is 0 Å². The monoisotopic (exact) mass is 431 g/mol. The molecule has 0 aliphatic carbocycles. The minimum Gasteiger partial charge on any atom is -0.456 e. The molecule has 8 heteroatoms. The summed E-state index contributed by atoms with van der Waals surface area (Å²) in [5.74, 6) is 0. The molecular weight excluding hydrogens is 406 g/mol. The molecule has 1 heterocycles. The van der Waals surface area contributed by atoms with Crippen molar-refractivity contribution < 1.29 is 27.6 Å². The number of benzene rings is 3. The van der Waals surface area contributed by atoms with E-state index in [0.717, 1.165) is 38.3 Å². The lowest BCUT2D eigenvalue weighted by Gasteiger charge is -2.26. The van der Waals surface area contributed by atoms with Crippen LogP contribution in [0.5, 0.6) is 0 Å². The third-order valence-corrected chi connectivity index (χ3v) is 4.87. The molecule has 1 aromatic heterocycles. The predicted molar refractivity (Wildman–Crippen MR) is 118 cm³/mol. The third kappa shape index (κ3) is 5.16. The van der Waals surface area contributed by atoms with Crippen LogP contribution in [0.3, 0.4) is 0 Å². The van der Waals surface area contributed by atoms with Gasteiger partial charge in [-0.15, -0.1) is 0 Å². The number of nitrogens with one attached hydrogen (secondary N) is 1. The smallest absolute Gasteiger partial charge is 0.261 e. The van der Waals surface area contributed by atoms with Crippen molar-refractivity contribution in [3.05, 3.63) is 60.2 Å². The van der Waals surface area contributed by atoms with Crippen molar-refractivity contribution in [3.8, 4) is 0 Å². The molecule has 0 saturated carbocycles. The summed E-state index contributed by atoms with van der Waals surface area (Å²) in [7, 11) is -3.67. The highest BCUT2D eigenvalue weighted by molar-refractivity contribution is 7.85. The summed E-state index contributed by atoms with van der Waals surface area (Å²) in [6.07, 6.45) is 0.715. The first kappa shape index (κ1) is 22.2. The van der Waals surface area contributed by atoms with Gasteiger partial charge in [-0.2, -0.15) is 8.42 Å². The number of fused-ring (bicyclic) bond motifs is 4. The highest BCUT2D eigenvalue weighted by atomic mass is 32.2. The lowest BCUT2D eigenvalue weighted by Crippen LogP contribution is -2.48. The number of aliphatic hydroxyl groups is 2. The van der Waals surface area contributed by atoms with Crippen molar-refractivity contribution in [2.45, 2.75) is 19.0 Å². The van der Waals surface area contributed by atoms with E-state index in [1.165, 1.54) is 0 Å². The van der Waals surface area contributed by atoms with E-state index < -0.39 is 15.7 Å². The molecule has 0 fully saturated rings. The largest absolute Gasteiger partial charge is 0.456 e. The summed E-state index contributed by atoms with van der Waals surface area (Å²) in [5.41, 5.74) is 2.16. The molecule has 0 spiro atoms. The molecule has 30 heavy (non-hydrogen) atoms. The molecule has 4 aromatic rings. The standard InChI is InChI=1S/C21H21NO3.CH4O3S/c1-21(12-23,13-24)22-11-15-6-4-5-14-9-18-16-7-2-3-8-19(16)25-20(18)10-17(14)15;1-5(2,3)4/h2-10,22-24H,11-13H2,1H3;1H3,(H,2,3,4). The maximum absolute atomic E-state index is 9.46. The maximum atomic E-state index is 9.46. The second kappa shape index (κ2) is 8.71. The normalized spacial score (nSPS) is 12.3. The van der Waals surface area contributed by atoms with Crippen molar-refractivity contribution >= 4 is 42.8 Å². The van der Waals surface area contributed by atoms with Gasteiger partial charge in [-0.1, -0.05) is 36.4 Å². The molecule has 0 aliphatic rings. The van der Waals surface area contributed by atoms with Gasteiger partial charge in [0.15, 0.2) is 0 Å². The second-order valence-electron chi connectivity index (χ2n) is 7.55. The Morgan fingerprint density at radius 3 is 2.27 bits per heavy atom. The number of hydrogen-bond acceptors (Lipinski definition) is 6. The Hall–Kier alpha value is -2.49. The van der Waals surface area contributed by atoms with E-state index in [9.17, 15) is 18.6 Å². The van der Waals surface area contributed by atoms with Crippen LogP contribution in [0.2, 0.25) is 0 Å². The SMILES string of the molecule is CC(CO)(CO)NCc1cccc2cc3c(cc12)oc1ccccc13.CS(=O)(=O)O.